The number of ether oxygens (including phenoxy) is 2. The number of aryl methyl sites for hydroxylation is 1. The van der Waals surface area contributed by atoms with E-state index in [1.165, 1.54) is 55.7 Å². The van der Waals surface area contributed by atoms with Crippen LogP contribution in [0.1, 0.15) is 124 Å². The highest BCUT2D eigenvalue weighted by molar-refractivity contribution is 5.48. The van der Waals surface area contributed by atoms with Gasteiger partial charge in [0, 0.05) is 94.3 Å². The van der Waals surface area contributed by atoms with Crippen LogP contribution in [0.2, 0.25) is 0 Å². The second kappa shape index (κ2) is 24.9. The van der Waals surface area contributed by atoms with Crippen LogP contribution in [-0.2, 0) is 4.74 Å². The Bertz CT molecular complexity index is 1360. The molecule has 0 radical (unpaired) electrons. The smallest absolute Gasteiger partial charge is 0.132 e. The van der Waals surface area contributed by atoms with Gasteiger partial charge in [-0.3, -0.25) is 9.88 Å². The lowest BCUT2D eigenvalue weighted by atomic mass is 10.0. The van der Waals surface area contributed by atoms with Gasteiger partial charge in [0.05, 0.1) is 20.3 Å². The summed E-state index contributed by atoms with van der Waals surface area (Å²) >= 11 is 0. The van der Waals surface area contributed by atoms with E-state index in [9.17, 15) is 0 Å². The summed E-state index contributed by atoms with van der Waals surface area (Å²) in [4.78, 5) is 23.2. The minimum absolute atomic E-state index is 0. The lowest BCUT2D eigenvalue weighted by molar-refractivity contribution is 0.0981. The molecule has 6 rings (SSSR count). The van der Waals surface area contributed by atoms with Crippen molar-refractivity contribution < 1.29 is 9.47 Å². The van der Waals surface area contributed by atoms with Crippen molar-refractivity contribution in [2.24, 2.45) is 0 Å². The third kappa shape index (κ3) is 15.2. The van der Waals surface area contributed by atoms with Crippen molar-refractivity contribution in [1.82, 2.24) is 24.8 Å². The predicted octanol–water partition coefficient (Wildman–Crippen LogP) is 9.53. The number of piperazine rings is 1. The van der Waals surface area contributed by atoms with Gasteiger partial charge in [-0.05, 0) is 67.8 Å². The van der Waals surface area contributed by atoms with Gasteiger partial charge in [-0.15, -0.1) is 0 Å². The summed E-state index contributed by atoms with van der Waals surface area (Å²) in [5, 5.41) is 0. The van der Waals surface area contributed by atoms with Crippen molar-refractivity contribution in [3.05, 3.63) is 71.3 Å². The van der Waals surface area contributed by atoms with Crippen molar-refractivity contribution in [2.75, 3.05) is 89.5 Å². The number of piperidine rings is 1. The molecule has 3 aliphatic heterocycles. The zero-order valence-electron chi connectivity index (χ0n) is 31.9. The summed E-state index contributed by atoms with van der Waals surface area (Å²) < 4.78 is 10.9. The number of methoxy groups -OCH3 is 1. The van der Waals surface area contributed by atoms with Gasteiger partial charge in [-0.25, -0.2) is 9.97 Å². The van der Waals surface area contributed by atoms with E-state index in [4.69, 9.17) is 14.5 Å². The fourth-order valence-corrected chi connectivity index (χ4v) is 6.41. The first-order chi connectivity index (χ1) is 23.5. The summed E-state index contributed by atoms with van der Waals surface area (Å²) in [6, 6.07) is 11.3. The van der Waals surface area contributed by atoms with Crippen LogP contribution in [0.15, 0.2) is 48.9 Å². The van der Waals surface area contributed by atoms with Crippen molar-refractivity contribution in [2.45, 2.75) is 115 Å². The first-order valence-electron chi connectivity index (χ1n) is 18.5. The molecule has 3 aromatic rings. The average molecular weight is 738 g/mol. The number of pyridine rings is 3. The summed E-state index contributed by atoms with van der Waals surface area (Å²) in [6.07, 6.45) is 8.39. The van der Waals surface area contributed by atoms with Crippen LogP contribution in [0.5, 0.6) is 5.75 Å². The molecule has 0 aliphatic carbocycles. The van der Waals surface area contributed by atoms with Crippen molar-refractivity contribution in [1.29, 1.82) is 0 Å². The second-order valence-corrected chi connectivity index (χ2v) is 14.6. The number of hydrogen-bond donors (Lipinski definition) is 0. The number of aromatic nitrogens is 3. The van der Waals surface area contributed by atoms with Gasteiger partial charge in [0.1, 0.15) is 17.4 Å². The molecule has 0 saturated carbocycles. The summed E-state index contributed by atoms with van der Waals surface area (Å²) in [6.45, 7) is 25.6. The second-order valence-electron chi connectivity index (χ2n) is 14.6. The van der Waals surface area contributed by atoms with E-state index in [2.05, 4.69) is 108 Å². The molecular weight excluding hydrogens is 659 g/mol. The molecule has 0 unspecified atom stereocenters. The Kier molecular flexibility index (Phi) is 23.4. The van der Waals surface area contributed by atoms with Crippen LogP contribution in [-0.4, -0.2) is 111 Å². The Hall–Kier alpha value is -3.27. The lowest BCUT2D eigenvalue weighted by Gasteiger charge is -2.42. The van der Waals surface area contributed by atoms with Gasteiger partial charge in [-0.2, -0.15) is 0 Å². The zero-order chi connectivity index (χ0) is 35.3. The van der Waals surface area contributed by atoms with E-state index in [1.807, 2.05) is 25.5 Å². The monoisotopic (exact) mass is 738 g/mol. The van der Waals surface area contributed by atoms with E-state index in [0.717, 1.165) is 68.5 Å². The fraction of sp³-hybridized carbons (Fsp3) is 0.659. The van der Waals surface area contributed by atoms with Gasteiger partial charge < -0.3 is 24.2 Å². The molecule has 0 bridgehead atoms. The van der Waals surface area contributed by atoms with Gasteiger partial charge in [0.15, 0.2) is 0 Å². The van der Waals surface area contributed by atoms with Gasteiger partial charge in [0.2, 0.25) is 0 Å². The van der Waals surface area contributed by atoms with E-state index >= 15 is 0 Å². The minimum atomic E-state index is 0. The van der Waals surface area contributed by atoms with Crippen LogP contribution in [0.4, 0.5) is 11.6 Å². The van der Waals surface area contributed by atoms with Crippen molar-refractivity contribution in [3.8, 4) is 5.75 Å². The molecule has 3 saturated heterocycles. The van der Waals surface area contributed by atoms with E-state index in [-0.39, 0.29) is 29.7 Å². The topological polar surface area (TPSA) is 70.1 Å². The third-order valence-electron chi connectivity index (χ3n) is 9.94. The maximum atomic E-state index is 5.58. The molecule has 3 fully saturated rings. The largest absolute Gasteiger partial charge is 0.496 e. The van der Waals surface area contributed by atoms with Crippen molar-refractivity contribution in [3.63, 3.8) is 0 Å². The van der Waals surface area contributed by atoms with E-state index < -0.39 is 0 Å². The Morgan fingerprint density at radius 3 is 1.64 bits per heavy atom. The number of hydrogen-bond acceptors (Lipinski definition) is 9. The lowest BCUT2D eigenvalue weighted by Crippen LogP contribution is -2.52. The number of rotatable bonds is 7. The highest BCUT2D eigenvalue weighted by Crippen LogP contribution is 2.30. The first-order valence-corrected chi connectivity index (χ1v) is 18.5. The molecule has 0 spiro atoms. The first kappa shape index (κ1) is 49.7. The molecule has 9 heteroatoms. The van der Waals surface area contributed by atoms with Crippen LogP contribution in [0.25, 0.3) is 0 Å². The standard InChI is InChI=1S/C19H32N4O.C12H18N2O.C9H13N.4CH4/c1-15(2)17-14-20-19(13-18(17)24-4)23-7-5-16(6-8-23)22-11-9-21(3)10-12-22;1-10(2)11-3-4-12(13-9-11)14-5-7-15-8-6-14;1-7(2)9-5-4-8(3)10-6-9;;;;/h13-16H,5-12H2,1-4H3;3-4,9-10H,5-8H2,1-2H3;4-7H,1-3H3;4*1H4. The number of morpholine rings is 1. The Morgan fingerprint density at radius 2 is 1.17 bits per heavy atom. The third-order valence-corrected chi connectivity index (χ3v) is 9.94. The predicted molar refractivity (Wildman–Crippen MR) is 231 cm³/mol. The molecule has 53 heavy (non-hydrogen) atoms. The number of likely N-dealkylation sites (N-methyl/N-ethyl adjacent to an activating group) is 1. The quantitative estimate of drug-likeness (QED) is 0.236. The normalized spacial score (nSPS) is 16.5. The molecule has 9 nitrogen and oxygen atoms in total. The van der Waals surface area contributed by atoms with Crippen LogP contribution in [0.3, 0.4) is 0 Å². The Labute approximate surface area is 326 Å². The fourth-order valence-electron chi connectivity index (χ4n) is 6.41. The molecule has 0 atom stereocenters. The van der Waals surface area contributed by atoms with E-state index in [0.29, 0.717) is 17.8 Å². The number of nitrogens with zero attached hydrogens (tertiary/aromatic N) is 7. The molecule has 6 heterocycles. The Morgan fingerprint density at radius 1 is 0.642 bits per heavy atom. The molecule has 3 aromatic heterocycles. The molecule has 0 N–H and O–H groups in total. The highest BCUT2D eigenvalue weighted by atomic mass is 16.5. The van der Waals surface area contributed by atoms with Crippen LogP contribution in [0, 0.1) is 6.92 Å². The van der Waals surface area contributed by atoms with Gasteiger partial charge in [-0.1, -0.05) is 83.4 Å². The summed E-state index contributed by atoms with van der Waals surface area (Å²) in [7, 11) is 3.98. The molecule has 0 amide bonds. The average Bonchev–Trinajstić information content (AvgIpc) is 3.13. The SMILES string of the molecule is C.C.C.C.CC(C)c1ccc(N2CCOCC2)nc1.COc1cc(N2CCC(N3CCN(C)CC3)CC2)ncc1C(C)C.Cc1ccc(C(C)C)cn1. The molecule has 302 valence electrons. The van der Waals surface area contributed by atoms with Crippen molar-refractivity contribution >= 4 is 11.6 Å². The number of anilines is 2. The van der Waals surface area contributed by atoms with Crippen LogP contribution >= 0.6 is 0 Å². The zero-order valence-corrected chi connectivity index (χ0v) is 31.9. The molecular formula is C44H79N7O2. The van der Waals surface area contributed by atoms with Crippen LogP contribution < -0.4 is 14.5 Å². The minimum Gasteiger partial charge on any atom is -0.496 e. The Balaban J connectivity index is 0.000000806. The van der Waals surface area contributed by atoms with Gasteiger partial charge in [0.25, 0.3) is 0 Å². The molecule has 0 aromatic carbocycles. The summed E-state index contributed by atoms with van der Waals surface area (Å²) in [5.41, 5.74) is 4.88. The maximum absolute atomic E-state index is 5.58. The summed E-state index contributed by atoms with van der Waals surface area (Å²) in [5.74, 6) is 4.68. The maximum Gasteiger partial charge on any atom is 0.132 e. The molecule has 3 aliphatic rings. The van der Waals surface area contributed by atoms with Gasteiger partial charge >= 0.3 is 0 Å². The van der Waals surface area contributed by atoms with E-state index in [1.54, 1.807) is 7.11 Å². The highest BCUT2D eigenvalue weighted by Gasteiger charge is 2.27.